The number of hydrogen-bond acceptors (Lipinski definition) is 5. The number of benzene rings is 1. The largest absolute Gasteiger partial charge is 0.423 e. The third-order valence-corrected chi connectivity index (χ3v) is 3.94. The average molecular weight is 278 g/mol. The first kappa shape index (κ1) is 12.8. The second kappa shape index (κ2) is 5.42. The zero-order valence-corrected chi connectivity index (χ0v) is 11.6. The van der Waals surface area contributed by atoms with Crippen LogP contribution in [0, 0.1) is 0 Å². The van der Waals surface area contributed by atoms with E-state index in [0.29, 0.717) is 0 Å². The molecule has 0 saturated carbocycles. The Hall–Kier alpha value is -1.21. The van der Waals surface area contributed by atoms with Crippen LogP contribution in [0.4, 0.5) is 5.69 Å². The van der Waals surface area contributed by atoms with Gasteiger partial charge < -0.3 is 17.6 Å². The Labute approximate surface area is 119 Å². The Morgan fingerprint density at radius 2 is 1.95 bits per heavy atom. The van der Waals surface area contributed by atoms with Crippen LogP contribution in [0.25, 0.3) is 0 Å². The molecule has 2 aliphatic heterocycles. The first-order chi connectivity index (χ1) is 9.29. The highest BCUT2D eigenvalue weighted by atomic mass is 32.1. The molecule has 2 heterocycles. The van der Waals surface area contributed by atoms with Gasteiger partial charge >= 0.3 is 0 Å². The fourth-order valence-electron chi connectivity index (χ4n) is 2.33. The summed E-state index contributed by atoms with van der Waals surface area (Å²) in [5.41, 5.74) is 4.27. The lowest BCUT2D eigenvalue weighted by atomic mass is 10.3. The Morgan fingerprint density at radius 3 is 2.68 bits per heavy atom. The van der Waals surface area contributed by atoms with Crippen molar-refractivity contribution in [3.63, 3.8) is 0 Å². The molecule has 0 bridgehead atoms. The van der Waals surface area contributed by atoms with Crippen molar-refractivity contribution in [3.8, 4) is 0 Å². The average Bonchev–Trinajstić information content (AvgIpc) is 2.84. The molecule has 1 aromatic carbocycles. The van der Waals surface area contributed by atoms with Gasteiger partial charge in [0.25, 0.3) is 0 Å². The van der Waals surface area contributed by atoms with Crippen LogP contribution < -0.4 is 9.53 Å². The van der Waals surface area contributed by atoms with Gasteiger partial charge in [-0.05, 0) is 0 Å². The summed E-state index contributed by atoms with van der Waals surface area (Å²) in [5.74, 6) is 0. The summed E-state index contributed by atoms with van der Waals surface area (Å²) in [6, 6.07) is 10.1. The van der Waals surface area contributed by atoms with Crippen LogP contribution in [0.2, 0.25) is 0 Å². The van der Waals surface area contributed by atoms with Gasteiger partial charge in [0, 0.05) is 25.2 Å². The van der Waals surface area contributed by atoms with E-state index >= 15 is 0 Å². The van der Waals surface area contributed by atoms with E-state index in [1.165, 1.54) is 0 Å². The molecule has 19 heavy (non-hydrogen) atoms. The van der Waals surface area contributed by atoms with Crippen molar-refractivity contribution in [3.05, 3.63) is 42.7 Å². The van der Waals surface area contributed by atoms with Crippen LogP contribution in [0.5, 0.6) is 0 Å². The first-order valence-electron chi connectivity index (χ1n) is 6.46. The number of rotatable bonds is 3. The molecule has 2 aliphatic rings. The summed E-state index contributed by atoms with van der Waals surface area (Å²) in [4.78, 5) is 2.35. The van der Waals surface area contributed by atoms with E-state index in [9.17, 15) is 0 Å². The molecule has 102 valence electrons. The number of hydrogen-bond donors (Lipinski definition) is 1. The maximum atomic E-state index is 5.76. The maximum Gasteiger partial charge on any atom is 0.163 e. The highest BCUT2D eigenvalue weighted by Crippen LogP contribution is 2.25. The lowest BCUT2D eigenvalue weighted by Crippen LogP contribution is -2.61. The van der Waals surface area contributed by atoms with E-state index in [-0.39, 0.29) is 4.11 Å². The summed E-state index contributed by atoms with van der Waals surface area (Å²) in [6.45, 7) is 4.30. The minimum absolute atomic E-state index is 0.165. The van der Waals surface area contributed by atoms with E-state index in [0.717, 1.165) is 38.7 Å². The highest BCUT2D eigenvalue weighted by molar-refractivity contribution is 7.58. The molecule has 5 nitrogen and oxygen atoms in total. The molecule has 0 radical (unpaired) electrons. The Morgan fingerprint density at radius 1 is 1.21 bits per heavy atom. The number of nitrogens with zero attached hydrogens (tertiary/aromatic N) is 3. The molecule has 6 heteroatoms. The van der Waals surface area contributed by atoms with Gasteiger partial charge in [0.2, 0.25) is 0 Å². The predicted molar refractivity (Wildman–Crippen MR) is 77.0 cm³/mol. The Kier molecular flexibility index (Phi) is 3.65. The minimum Gasteiger partial charge on any atom is -0.423 e. The molecule has 1 fully saturated rings. The molecule has 0 aliphatic carbocycles. The zero-order chi connectivity index (χ0) is 13.1. The monoisotopic (exact) mass is 278 g/mol. The predicted octanol–water partition coefficient (Wildman–Crippen LogP) is 0.952. The smallest absolute Gasteiger partial charge is 0.163 e. The van der Waals surface area contributed by atoms with Crippen molar-refractivity contribution >= 4 is 18.5 Å². The minimum atomic E-state index is 0.165. The van der Waals surface area contributed by atoms with Gasteiger partial charge in [-0.1, -0.05) is 18.2 Å². The normalized spacial score (nSPS) is 27.5. The van der Waals surface area contributed by atoms with Crippen molar-refractivity contribution in [2.24, 2.45) is 0 Å². The Balaban J connectivity index is 1.74. The van der Waals surface area contributed by atoms with E-state index < -0.39 is 0 Å². The molecule has 0 spiro atoms. The lowest BCUT2D eigenvalue weighted by molar-refractivity contribution is -0.0109. The van der Waals surface area contributed by atoms with Crippen LogP contribution in [0.3, 0.4) is 0 Å². The number of ether oxygens (including phenoxy) is 1. The van der Waals surface area contributed by atoms with E-state index in [1.54, 1.807) is 0 Å². The van der Waals surface area contributed by atoms with Crippen molar-refractivity contribution in [1.82, 2.24) is 19.4 Å². The molecule has 1 N–H and O–H groups in total. The maximum absolute atomic E-state index is 5.76. The SMILES string of the molecule is [S-][N+]1(c2ccccc2)NC=CN1CN1CCOCC1. The fourth-order valence-corrected chi connectivity index (χ4v) is 2.61. The van der Waals surface area contributed by atoms with Gasteiger partial charge in [-0.3, -0.25) is 4.90 Å². The molecule has 0 aromatic heterocycles. The summed E-state index contributed by atoms with van der Waals surface area (Å²) in [6.07, 6.45) is 3.91. The third-order valence-electron chi connectivity index (χ3n) is 3.41. The standard InChI is InChI=1S/C13H18N4OS/c19-17(13-4-2-1-3-5-13)14-6-7-16(17)12-15-8-10-18-11-9-15/h1-7,14H,8-12H2. The van der Waals surface area contributed by atoms with Crippen LogP contribution in [0.1, 0.15) is 0 Å². The number of morpholine rings is 1. The summed E-state index contributed by atoms with van der Waals surface area (Å²) >= 11 is 5.76. The highest BCUT2D eigenvalue weighted by Gasteiger charge is 2.30. The zero-order valence-electron chi connectivity index (χ0n) is 10.7. The first-order valence-corrected chi connectivity index (χ1v) is 6.83. The molecule has 1 aromatic rings. The van der Waals surface area contributed by atoms with Gasteiger partial charge in [0.15, 0.2) is 5.69 Å². The van der Waals surface area contributed by atoms with E-state index in [4.69, 9.17) is 17.6 Å². The van der Waals surface area contributed by atoms with E-state index in [2.05, 4.69) is 15.3 Å². The van der Waals surface area contributed by atoms with Gasteiger partial charge in [-0.15, -0.1) is 0 Å². The molecular formula is C13H18N4OS. The van der Waals surface area contributed by atoms with Crippen LogP contribution in [-0.2, 0) is 17.6 Å². The summed E-state index contributed by atoms with van der Waals surface area (Å²) < 4.78 is 5.54. The van der Waals surface area contributed by atoms with Gasteiger partial charge in [-0.25, -0.2) is 14.5 Å². The topological polar surface area (TPSA) is 27.7 Å². The second-order valence-electron chi connectivity index (χ2n) is 4.67. The van der Waals surface area contributed by atoms with Crippen LogP contribution >= 0.6 is 0 Å². The van der Waals surface area contributed by atoms with Crippen molar-refractivity contribution in [2.45, 2.75) is 0 Å². The molecule has 1 unspecified atom stereocenters. The lowest BCUT2D eigenvalue weighted by Gasteiger charge is -2.46. The molecule has 1 atom stereocenters. The quantitative estimate of drug-likeness (QED) is 0.656. The van der Waals surface area contributed by atoms with Gasteiger partial charge in [0.1, 0.15) is 6.67 Å². The number of nitrogens with one attached hydrogen (secondary N) is 1. The Bertz CT molecular complexity index is 449. The van der Waals surface area contributed by atoms with E-state index in [1.807, 2.05) is 42.7 Å². The molecule has 0 amide bonds. The molecule has 1 saturated heterocycles. The second-order valence-corrected chi connectivity index (χ2v) is 5.20. The number of para-hydroxylation sites is 1. The summed E-state index contributed by atoms with van der Waals surface area (Å²) in [7, 11) is 0. The van der Waals surface area contributed by atoms with Gasteiger partial charge in [0.05, 0.1) is 25.6 Å². The van der Waals surface area contributed by atoms with Crippen LogP contribution in [-0.4, -0.2) is 42.9 Å². The van der Waals surface area contributed by atoms with Crippen molar-refractivity contribution in [1.29, 1.82) is 0 Å². The van der Waals surface area contributed by atoms with Crippen LogP contribution in [0.15, 0.2) is 42.7 Å². The van der Waals surface area contributed by atoms with Crippen molar-refractivity contribution < 1.29 is 4.74 Å². The number of quaternary nitrogens is 1. The summed E-state index contributed by atoms with van der Waals surface area (Å²) in [5, 5.41) is 2.11. The van der Waals surface area contributed by atoms with Gasteiger partial charge in [-0.2, -0.15) is 0 Å². The fraction of sp³-hybridized carbons (Fsp3) is 0.385. The molecule has 3 rings (SSSR count). The molecular weight excluding hydrogens is 260 g/mol. The third kappa shape index (κ3) is 2.57. The van der Waals surface area contributed by atoms with Crippen molar-refractivity contribution in [2.75, 3.05) is 33.0 Å².